The third kappa shape index (κ3) is 3.03. The first-order chi connectivity index (χ1) is 10.7. The Kier molecular flexibility index (Phi) is 5.63. The summed E-state index contributed by atoms with van der Waals surface area (Å²) in [6.07, 6.45) is 8.65. The Hall–Kier alpha value is 0.0800. The van der Waals surface area contributed by atoms with E-state index in [4.69, 9.17) is 0 Å². The number of hydrogen-bond acceptors (Lipinski definition) is 0. The van der Waals surface area contributed by atoms with Gasteiger partial charge in [0.25, 0.3) is 0 Å². The lowest BCUT2D eigenvalue weighted by Gasteiger charge is -2.31. The summed E-state index contributed by atoms with van der Waals surface area (Å²) in [5.41, 5.74) is 3.85. The summed E-state index contributed by atoms with van der Waals surface area (Å²) in [7, 11) is 0.142. The number of hydrogen-bond donors (Lipinski definition) is 0. The van der Waals surface area contributed by atoms with Crippen LogP contribution in [0.5, 0.6) is 0 Å². The van der Waals surface area contributed by atoms with Crippen molar-refractivity contribution in [2.75, 3.05) is 0 Å². The number of rotatable bonds is 4. The zero-order valence-corrected chi connectivity index (χ0v) is 16.5. The van der Waals surface area contributed by atoms with Crippen LogP contribution >= 0.6 is 15.8 Å². The molecular formula is C20H32P2. The van der Waals surface area contributed by atoms with Crippen LogP contribution in [0.4, 0.5) is 0 Å². The molecule has 0 spiro atoms. The first-order valence-corrected chi connectivity index (χ1v) is 12.3. The zero-order chi connectivity index (χ0) is 15.7. The highest BCUT2D eigenvalue weighted by Gasteiger charge is 2.39. The molecular weight excluding hydrogens is 302 g/mol. The van der Waals surface area contributed by atoms with Gasteiger partial charge in [-0.1, -0.05) is 67.8 Å². The van der Waals surface area contributed by atoms with Crippen LogP contribution in [0.3, 0.4) is 0 Å². The van der Waals surface area contributed by atoms with Crippen molar-refractivity contribution in [2.24, 2.45) is 0 Å². The molecule has 122 valence electrons. The van der Waals surface area contributed by atoms with Crippen LogP contribution in [0.15, 0.2) is 24.3 Å². The second-order valence-corrected chi connectivity index (χ2v) is 13.1. The molecule has 5 atom stereocenters. The van der Waals surface area contributed by atoms with Crippen LogP contribution in [0.1, 0.15) is 66.2 Å². The largest absolute Gasteiger partial charge is 0.0688 e. The van der Waals surface area contributed by atoms with E-state index >= 15 is 0 Å². The van der Waals surface area contributed by atoms with Crippen LogP contribution in [0.25, 0.3) is 0 Å². The van der Waals surface area contributed by atoms with Gasteiger partial charge in [0.1, 0.15) is 0 Å². The summed E-state index contributed by atoms with van der Waals surface area (Å²) in [6.45, 7) is 9.88. The average Bonchev–Trinajstić information content (AvgIpc) is 3.10. The lowest BCUT2D eigenvalue weighted by atomic mass is 10.1. The summed E-state index contributed by atoms with van der Waals surface area (Å²) in [4.78, 5) is 0. The fraction of sp³-hybridized carbons (Fsp3) is 0.700. The van der Waals surface area contributed by atoms with E-state index in [1.165, 1.54) is 38.5 Å². The van der Waals surface area contributed by atoms with Crippen molar-refractivity contribution in [1.82, 2.24) is 0 Å². The highest BCUT2D eigenvalue weighted by molar-refractivity contribution is 7.73. The Balaban J connectivity index is 2.00. The molecule has 3 rings (SSSR count). The Morgan fingerprint density at radius 1 is 0.773 bits per heavy atom. The van der Waals surface area contributed by atoms with Gasteiger partial charge in [0.05, 0.1) is 0 Å². The van der Waals surface area contributed by atoms with Crippen LogP contribution in [0, 0.1) is 0 Å². The molecule has 0 nitrogen and oxygen atoms in total. The quantitative estimate of drug-likeness (QED) is 0.608. The summed E-state index contributed by atoms with van der Waals surface area (Å²) in [5, 5.41) is 3.63. The SMILES string of the molecule is CCC1CC[C@@H](CC)P1c1ccccc1P1[C@H](C)CC[C@H]1C. The maximum atomic E-state index is 2.53. The topological polar surface area (TPSA) is 0 Å². The molecule has 2 aliphatic rings. The van der Waals surface area contributed by atoms with E-state index in [0.29, 0.717) is 0 Å². The van der Waals surface area contributed by atoms with Crippen molar-refractivity contribution < 1.29 is 0 Å². The Bertz CT molecular complexity index is 476. The van der Waals surface area contributed by atoms with Gasteiger partial charge in [-0.3, -0.25) is 0 Å². The van der Waals surface area contributed by atoms with Gasteiger partial charge in [-0.2, -0.15) is 0 Å². The van der Waals surface area contributed by atoms with Crippen LogP contribution in [-0.4, -0.2) is 22.6 Å². The molecule has 2 saturated heterocycles. The molecule has 0 amide bonds. The average molecular weight is 334 g/mol. The molecule has 0 radical (unpaired) electrons. The van der Waals surface area contributed by atoms with E-state index in [-0.39, 0.29) is 15.8 Å². The first kappa shape index (κ1) is 16.9. The monoisotopic (exact) mass is 334 g/mol. The van der Waals surface area contributed by atoms with E-state index in [1.54, 1.807) is 5.30 Å². The second kappa shape index (κ2) is 7.32. The lowest BCUT2D eigenvalue weighted by Crippen LogP contribution is -2.29. The molecule has 2 heteroatoms. The molecule has 2 unspecified atom stereocenters. The van der Waals surface area contributed by atoms with Crippen LogP contribution in [-0.2, 0) is 0 Å². The first-order valence-electron chi connectivity index (χ1n) is 9.33. The molecule has 0 saturated carbocycles. The summed E-state index contributed by atoms with van der Waals surface area (Å²) in [5.74, 6) is 0. The van der Waals surface area contributed by atoms with Crippen molar-refractivity contribution in [3.8, 4) is 0 Å². The van der Waals surface area contributed by atoms with Gasteiger partial charge >= 0.3 is 0 Å². The van der Waals surface area contributed by atoms with E-state index in [2.05, 4.69) is 52.0 Å². The fourth-order valence-electron chi connectivity index (χ4n) is 4.73. The minimum atomic E-state index is 0.0685. The standard InChI is InChI=1S/C20H32P2/c1-5-17-13-14-18(6-2)22(17)20-10-8-7-9-19(20)21-15(3)11-12-16(21)4/h7-10,15-18H,5-6,11-14H2,1-4H3/t15-,16-,17-,18?,22?/m1/s1. The van der Waals surface area contributed by atoms with Crippen LogP contribution in [0.2, 0.25) is 0 Å². The van der Waals surface area contributed by atoms with Gasteiger partial charge in [-0.25, -0.2) is 0 Å². The summed E-state index contributed by atoms with van der Waals surface area (Å²) in [6, 6.07) is 9.67. The molecule has 22 heavy (non-hydrogen) atoms. The van der Waals surface area contributed by atoms with Gasteiger partial charge in [-0.05, 0) is 71.8 Å². The van der Waals surface area contributed by atoms with Gasteiger partial charge in [0.15, 0.2) is 0 Å². The molecule has 0 bridgehead atoms. The molecule has 2 aliphatic heterocycles. The van der Waals surface area contributed by atoms with Gasteiger partial charge in [0.2, 0.25) is 0 Å². The van der Waals surface area contributed by atoms with Crippen molar-refractivity contribution in [2.45, 2.75) is 88.9 Å². The number of benzene rings is 1. The minimum Gasteiger partial charge on any atom is -0.0688 e. The highest BCUT2D eigenvalue weighted by atomic mass is 31.1. The van der Waals surface area contributed by atoms with Crippen molar-refractivity contribution in [3.63, 3.8) is 0 Å². The molecule has 2 fully saturated rings. The fourth-order valence-corrected chi connectivity index (χ4v) is 12.3. The maximum absolute atomic E-state index is 2.53. The van der Waals surface area contributed by atoms with Crippen molar-refractivity contribution in [3.05, 3.63) is 24.3 Å². The molecule has 0 N–H and O–H groups in total. The molecule has 0 aromatic heterocycles. The molecule has 1 aromatic rings. The lowest BCUT2D eigenvalue weighted by molar-refractivity contribution is 0.696. The third-order valence-corrected chi connectivity index (χ3v) is 13.3. The second-order valence-electron chi connectivity index (χ2n) is 7.28. The van der Waals surface area contributed by atoms with Crippen LogP contribution < -0.4 is 10.6 Å². The Morgan fingerprint density at radius 2 is 1.23 bits per heavy atom. The van der Waals surface area contributed by atoms with Crippen molar-refractivity contribution >= 4 is 26.5 Å². The Morgan fingerprint density at radius 3 is 1.68 bits per heavy atom. The highest BCUT2D eigenvalue weighted by Crippen LogP contribution is 2.60. The van der Waals surface area contributed by atoms with Gasteiger partial charge in [-0.15, -0.1) is 0 Å². The van der Waals surface area contributed by atoms with E-state index in [0.717, 1.165) is 22.6 Å². The summed E-state index contributed by atoms with van der Waals surface area (Å²) >= 11 is 0. The maximum Gasteiger partial charge on any atom is -0.0158 e. The normalized spacial score (nSPS) is 36.1. The van der Waals surface area contributed by atoms with Gasteiger partial charge < -0.3 is 0 Å². The molecule has 2 heterocycles. The minimum absolute atomic E-state index is 0.0685. The van der Waals surface area contributed by atoms with Crippen molar-refractivity contribution in [1.29, 1.82) is 0 Å². The zero-order valence-electron chi connectivity index (χ0n) is 14.8. The predicted octanol–water partition coefficient (Wildman–Crippen LogP) is 5.82. The smallest absolute Gasteiger partial charge is 0.0158 e. The summed E-state index contributed by atoms with van der Waals surface area (Å²) < 4.78 is 0. The van der Waals surface area contributed by atoms with Gasteiger partial charge in [0, 0.05) is 0 Å². The molecule has 1 aromatic carbocycles. The third-order valence-electron chi connectivity index (χ3n) is 5.95. The molecule has 0 aliphatic carbocycles. The van der Waals surface area contributed by atoms with E-state index < -0.39 is 0 Å². The van der Waals surface area contributed by atoms with E-state index in [1.807, 2.05) is 5.30 Å². The Labute approximate surface area is 140 Å². The predicted molar refractivity (Wildman–Crippen MR) is 105 cm³/mol. The van der Waals surface area contributed by atoms with E-state index in [9.17, 15) is 0 Å².